The van der Waals surface area contributed by atoms with E-state index in [-0.39, 0.29) is 48.8 Å². The Hall–Kier alpha value is -5.28. The Balaban J connectivity index is 1.03. The van der Waals surface area contributed by atoms with E-state index in [1.165, 1.54) is 35.6 Å². The molecule has 5 aromatic rings. The minimum absolute atomic E-state index is 0.0204. The first kappa shape index (κ1) is 53.7. The lowest BCUT2D eigenvalue weighted by Gasteiger charge is -2.37. The molecule has 414 valence electrons. The number of anilines is 1. The van der Waals surface area contributed by atoms with Crippen LogP contribution in [0.2, 0.25) is 0 Å². The number of piperazine rings is 1. The zero-order chi connectivity index (χ0) is 53.8. The largest absolute Gasteiger partial charge is 0.464 e. The van der Waals surface area contributed by atoms with Gasteiger partial charge < -0.3 is 42.9 Å². The molecule has 3 saturated heterocycles. The number of amides is 2. The molecule has 8 heterocycles. The monoisotopic (exact) mass is 1080 g/mol. The lowest BCUT2D eigenvalue weighted by atomic mass is 9.84. The molecule has 4 aromatic heterocycles. The first-order valence-corrected chi connectivity index (χ1v) is 28.9. The van der Waals surface area contributed by atoms with E-state index in [4.69, 9.17) is 38.1 Å². The van der Waals surface area contributed by atoms with Crippen LogP contribution in [-0.2, 0) is 51.0 Å². The number of oxazole rings is 1. The van der Waals surface area contributed by atoms with E-state index in [1.807, 2.05) is 25.4 Å². The number of methoxy groups -OCH3 is 1. The SMILES string of the molecule is CCO[C@@H]1c2nc(cs2)-c2ccc3c(c2)c(c(-c2cc(N4CCN(C5CC5)CC4)cnc2[C@H](C)OC)n3CCO[C@H]2CCOC(C)(C)C2)CC(C)(C)COC(=O)[C@@H]2CCCN(N2)C(=O)[C@H]1NC(=O)[C@@H]1[C@@H](C)[C@H]1c1cocn1. The van der Waals surface area contributed by atoms with Crippen molar-refractivity contribution in [1.82, 2.24) is 40.2 Å². The van der Waals surface area contributed by atoms with Gasteiger partial charge >= 0.3 is 5.97 Å². The second-order valence-corrected chi connectivity index (χ2v) is 24.5. The van der Waals surface area contributed by atoms with Crippen LogP contribution in [0.15, 0.2) is 52.9 Å². The fraction of sp³-hybridized carbons (Fsp3) is 0.621. The van der Waals surface area contributed by atoms with Crippen molar-refractivity contribution in [3.05, 3.63) is 70.5 Å². The number of rotatable bonds is 14. The van der Waals surface area contributed by atoms with Gasteiger partial charge in [0.2, 0.25) is 5.91 Å². The number of benzene rings is 1. The minimum atomic E-state index is -1.18. The molecule has 77 heavy (non-hydrogen) atoms. The summed E-state index contributed by atoms with van der Waals surface area (Å²) in [6.45, 7) is 20.7. The first-order valence-electron chi connectivity index (χ1n) is 28.0. The average Bonchev–Trinajstić information content (AvgIpc) is 4.37. The number of pyridine rings is 1. The molecule has 2 aliphatic carbocycles. The summed E-state index contributed by atoms with van der Waals surface area (Å²) in [5.74, 6) is -1.76. The number of thiazole rings is 1. The fourth-order valence-electron chi connectivity index (χ4n) is 12.4. The first-order chi connectivity index (χ1) is 37.1. The van der Waals surface area contributed by atoms with E-state index in [2.05, 4.69) is 89.0 Å². The number of cyclic esters (lactones) is 1. The normalized spacial score (nSPS) is 27.3. The topological polar surface area (TPSA) is 188 Å². The standard InChI is InChI=1S/C58H77N9O9S/c1-9-73-52-50(62-53(68)48-34(2)47(48)44-30-72-33-60-44)55(69)67-17-10-11-43(63-67)56(70)75-32-57(4,5)28-42-40-25-36(45-31-77-54(52)61-45)12-15-46(40)66(22-24-74-39-16-23-76-58(6,7)27-39)51(42)41-26-38(29-59-49(41)35(3)71-8)65-20-18-64(19-21-65)37-13-14-37/h12,15,25-26,29-31,33-35,37,39,43,47-48,50,52,63H,9-11,13-14,16-24,27-28,32H2,1-8H3,(H,62,68)/t34-,35-,39-,43-,47-,48+,50-,52-/m0/s1. The number of hydrogen-bond acceptors (Lipinski definition) is 16. The number of ether oxygens (including phenoxy) is 5. The van der Waals surface area contributed by atoms with Crippen LogP contribution in [0, 0.1) is 17.3 Å². The highest BCUT2D eigenvalue weighted by molar-refractivity contribution is 7.10. The molecule has 2 saturated carbocycles. The van der Waals surface area contributed by atoms with E-state index in [9.17, 15) is 14.4 Å². The molecule has 18 nitrogen and oxygen atoms in total. The maximum Gasteiger partial charge on any atom is 0.324 e. The van der Waals surface area contributed by atoms with Gasteiger partial charge in [0.15, 0.2) is 6.39 Å². The Bertz CT molecular complexity index is 2930. The van der Waals surface area contributed by atoms with Crippen molar-refractivity contribution < 1.29 is 42.5 Å². The van der Waals surface area contributed by atoms with Crippen LogP contribution in [0.3, 0.4) is 0 Å². The number of fused-ring (bicyclic) bond motifs is 6. The van der Waals surface area contributed by atoms with Gasteiger partial charge in [0, 0.05) is 117 Å². The third-order valence-electron chi connectivity index (χ3n) is 16.9. The van der Waals surface area contributed by atoms with E-state index in [0.717, 1.165) is 89.4 Å². The Labute approximate surface area is 455 Å². The third-order valence-corrected chi connectivity index (χ3v) is 17.8. The van der Waals surface area contributed by atoms with Gasteiger partial charge in [-0.05, 0) is 95.9 Å². The summed E-state index contributed by atoms with van der Waals surface area (Å²) in [7, 11) is 1.73. The third kappa shape index (κ3) is 11.3. The van der Waals surface area contributed by atoms with Crippen molar-refractivity contribution in [2.75, 3.05) is 71.2 Å². The number of aromatic nitrogens is 4. The molecule has 2 amide bonds. The number of carbonyl (C=O) groups is 3. The van der Waals surface area contributed by atoms with Gasteiger partial charge in [-0.25, -0.2) is 15.4 Å². The Morgan fingerprint density at radius 1 is 1.03 bits per heavy atom. The number of nitrogens with zero attached hydrogens (tertiary/aromatic N) is 7. The quantitative estimate of drug-likeness (QED) is 0.102. The molecule has 8 atom stereocenters. The van der Waals surface area contributed by atoms with Crippen molar-refractivity contribution in [3.63, 3.8) is 0 Å². The van der Waals surface area contributed by atoms with Crippen molar-refractivity contribution in [1.29, 1.82) is 0 Å². The van der Waals surface area contributed by atoms with Gasteiger partial charge in [0.25, 0.3) is 5.91 Å². The Kier molecular flexibility index (Phi) is 15.4. The predicted octanol–water partition coefficient (Wildman–Crippen LogP) is 8.01. The Morgan fingerprint density at radius 2 is 1.84 bits per heavy atom. The molecular formula is C58H77N9O9S. The van der Waals surface area contributed by atoms with Crippen molar-refractivity contribution in [3.8, 4) is 22.5 Å². The Morgan fingerprint density at radius 3 is 2.58 bits per heavy atom. The average molecular weight is 1080 g/mol. The van der Waals surface area contributed by atoms with Crippen LogP contribution in [0.5, 0.6) is 0 Å². The van der Waals surface area contributed by atoms with Crippen LogP contribution >= 0.6 is 11.3 Å². The highest BCUT2D eigenvalue weighted by atomic mass is 32.1. The molecule has 0 unspecified atom stereocenters. The van der Waals surface area contributed by atoms with Gasteiger partial charge in [-0.1, -0.05) is 26.8 Å². The van der Waals surface area contributed by atoms with E-state index in [0.29, 0.717) is 62.3 Å². The van der Waals surface area contributed by atoms with Crippen LogP contribution in [0.4, 0.5) is 5.69 Å². The van der Waals surface area contributed by atoms with Crippen LogP contribution in [0.25, 0.3) is 33.4 Å². The van der Waals surface area contributed by atoms with E-state index < -0.39 is 41.4 Å². The zero-order valence-electron chi connectivity index (χ0n) is 46.0. The molecule has 0 radical (unpaired) electrons. The van der Waals surface area contributed by atoms with E-state index in [1.54, 1.807) is 13.4 Å². The summed E-state index contributed by atoms with van der Waals surface area (Å²) in [5, 5.41) is 8.16. The van der Waals surface area contributed by atoms with Gasteiger partial charge in [-0.2, -0.15) is 0 Å². The maximum atomic E-state index is 15.0. The lowest BCUT2D eigenvalue weighted by Crippen LogP contribution is -2.61. The number of carbonyl (C=O) groups excluding carboxylic acids is 3. The predicted molar refractivity (Wildman–Crippen MR) is 292 cm³/mol. The summed E-state index contributed by atoms with van der Waals surface area (Å²) in [4.78, 5) is 63.6. The van der Waals surface area contributed by atoms with Crippen molar-refractivity contribution >= 4 is 45.7 Å². The van der Waals surface area contributed by atoms with E-state index >= 15 is 0 Å². The summed E-state index contributed by atoms with van der Waals surface area (Å²) in [5.41, 5.74) is 10.7. The second kappa shape index (κ2) is 22.1. The summed E-state index contributed by atoms with van der Waals surface area (Å²) < 4.78 is 39.5. The molecule has 6 aliphatic rings. The van der Waals surface area contributed by atoms with Gasteiger partial charge in [0.05, 0.1) is 65.7 Å². The number of nitrogens with one attached hydrogen (secondary N) is 2. The van der Waals surface area contributed by atoms with Gasteiger partial charge in [-0.15, -0.1) is 11.3 Å². The summed E-state index contributed by atoms with van der Waals surface area (Å²) in [6.07, 6.45) is 9.51. The van der Waals surface area contributed by atoms with Crippen LogP contribution < -0.4 is 15.6 Å². The molecule has 1 aromatic carbocycles. The number of hydrogen-bond donors (Lipinski definition) is 2. The van der Waals surface area contributed by atoms with Crippen molar-refractivity contribution in [2.24, 2.45) is 17.3 Å². The van der Waals surface area contributed by atoms with Crippen LogP contribution in [-0.4, -0.2) is 143 Å². The molecule has 0 spiro atoms. The summed E-state index contributed by atoms with van der Waals surface area (Å²) in [6, 6.07) is 7.58. The maximum absolute atomic E-state index is 15.0. The lowest BCUT2D eigenvalue weighted by molar-refractivity contribution is -0.156. The minimum Gasteiger partial charge on any atom is -0.464 e. The molecule has 6 bridgehead atoms. The highest BCUT2D eigenvalue weighted by Crippen LogP contribution is 2.53. The second-order valence-electron chi connectivity index (χ2n) is 23.6. The molecule has 5 fully saturated rings. The summed E-state index contributed by atoms with van der Waals surface area (Å²) >= 11 is 1.39. The fourth-order valence-corrected chi connectivity index (χ4v) is 13.3. The molecule has 11 rings (SSSR count). The van der Waals surface area contributed by atoms with Crippen molar-refractivity contribution in [2.45, 2.75) is 148 Å². The molecular weight excluding hydrogens is 999 g/mol. The van der Waals surface area contributed by atoms with Gasteiger partial charge in [-0.3, -0.25) is 29.3 Å². The number of hydrazine groups is 1. The smallest absolute Gasteiger partial charge is 0.324 e. The number of esters is 1. The van der Waals surface area contributed by atoms with Gasteiger partial charge in [0.1, 0.15) is 29.5 Å². The highest BCUT2D eigenvalue weighted by Gasteiger charge is 2.55. The van der Waals surface area contributed by atoms with Crippen LogP contribution in [0.1, 0.15) is 127 Å². The molecule has 4 aliphatic heterocycles. The zero-order valence-corrected chi connectivity index (χ0v) is 46.9. The molecule has 2 N–H and O–H groups in total. The molecule has 19 heteroatoms.